The van der Waals surface area contributed by atoms with E-state index < -0.39 is 0 Å². The molecule has 0 unspecified atom stereocenters. The van der Waals surface area contributed by atoms with Crippen molar-refractivity contribution in [2.24, 2.45) is 0 Å². The molecule has 1 aromatic carbocycles. The highest BCUT2D eigenvalue weighted by atomic mass is 16.5. The summed E-state index contributed by atoms with van der Waals surface area (Å²) in [5.74, 6) is 1.80. The zero-order valence-electron chi connectivity index (χ0n) is 13.5. The SMILES string of the molecule is Cc1ncc(CN(CCO)Cc2ccc(OC(C)C)cc2)[nH]1. The van der Waals surface area contributed by atoms with E-state index in [0.29, 0.717) is 6.54 Å². The summed E-state index contributed by atoms with van der Waals surface area (Å²) in [5.41, 5.74) is 2.26. The number of rotatable bonds is 8. The fraction of sp³-hybridized carbons (Fsp3) is 0.471. The summed E-state index contributed by atoms with van der Waals surface area (Å²) in [4.78, 5) is 9.63. The van der Waals surface area contributed by atoms with Gasteiger partial charge in [-0.05, 0) is 38.5 Å². The Morgan fingerprint density at radius 2 is 1.95 bits per heavy atom. The molecule has 0 radical (unpaired) electrons. The molecule has 0 atom stereocenters. The van der Waals surface area contributed by atoms with E-state index in [9.17, 15) is 5.11 Å². The molecule has 5 nitrogen and oxygen atoms in total. The van der Waals surface area contributed by atoms with Crippen LogP contribution in [0.4, 0.5) is 0 Å². The highest BCUT2D eigenvalue weighted by Crippen LogP contribution is 2.16. The Kier molecular flexibility index (Phi) is 5.98. The molecular weight excluding hydrogens is 278 g/mol. The van der Waals surface area contributed by atoms with Crippen LogP contribution < -0.4 is 4.74 Å². The molecule has 0 aliphatic rings. The first-order valence-electron chi connectivity index (χ1n) is 7.66. The Labute approximate surface area is 132 Å². The number of aromatic nitrogens is 2. The zero-order chi connectivity index (χ0) is 15.9. The van der Waals surface area contributed by atoms with Gasteiger partial charge in [-0.2, -0.15) is 0 Å². The summed E-state index contributed by atoms with van der Waals surface area (Å²) in [6.45, 7) is 8.26. The van der Waals surface area contributed by atoms with E-state index in [2.05, 4.69) is 27.0 Å². The van der Waals surface area contributed by atoms with E-state index in [1.54, 1.807) is 0 Å². The summed E-state index contributed by atoms with van der Waals surface area (Å²) in [6, 6.07) is 8.13. The predicted octanol–water partition coefficient (Wildman–Crippen LogP) is 2.50. The number of ether oxygens (including phenoxy) is 1. The normalized spacial score (nSPS) is 11.4. The van der Waals surface area contributed by atoms with Crippen LogP contribution in [-0.4, -0.2) is 39.2 Å². The van der Waals surface area contributed by atoms with Crippen molar-refractivity contribution in [3.05, 3.63) is 47.5 Å². The lowest BCUT2D eigenvalue weighted by atomic mass is 10.2. The first-order chi connectivity index (χ1) is 10.6. The second kappa shape index (κ2) is 7.96. The minimum absolute atomic E-state index is 0.141. The Hall–Kier alpha value is -1.85. The minimum Gasteiger partial charge on any atom is -0.491 e. The second-order valence-corrected chi connectivity index (χ2v) is 5.74. The number of hydrogen-bond acceptors (Lipinski definition) is 4. The fourth-order valence-electron chi connectivity index (χ4n) is 2.35. The first-order valence-corrected chi connectivity index (χ1v) is 7.66. The van der Waals surface area contributed by atoms with Crippen LogP contribution in [0.2, 0.25) is 0 Å². The van der Waals surface area contributed by atoms with Gasteiger partial charge in [0, 0.05) is 31.5 Å². The molecule has 1 aromatic heterocycles. The first kappa shape index (κ1) is 16.5. The van der Waals surface area contributed by atoms with Gasteiger partial charge >= 0.3 is 0 Å². The number of aliphatic hydroxyl groups excluding tert-OH is 1. The van der Waals surface area contributed by atoms with E-state index >= 15 is 0 Å². The number of nitrogens with zero attached hydrogens (tertiary/aromatic N) is 2. The Balaban J connectivity index is 1.97. The summed E-state index contributed by atoms with van der Waals surface area (Å²) in [7, 11) is 0. The topological polar surface area (TPSA) is 61.4 Å². The molecule has 0 spiro atoms. The molecule has 0 aliphatic heterocycles. The van der Waals surface area contributed by atoms with Crippen LogP contribution in [0.15, 0.2) is 30.5 Å². The van der Waals surface area contributed by atoms with E-state index in [-0.39, 0.29) is 12.7 Å². The predicted molar refractivity (Wildman–Crippen MR) is 86.7 cm³/mol. The molecule has 2 aromatic rings. The van der Waals surface area contributed by atoms with Crippen molar-refractivity contribution >= 4 is 0 Å². The van der Waals surface area contributed by atoms with Gasteiger partial charge in [0.25, 0.3) is 0 Å². The molecule has 2 rings (SSSR count). The van der Waals surface area contributed by atoms with Crippen LogP contribution in [0.25, 0.3) is 0 Å². The van der Waals surface area contributed by atoms with Crippen LogP contribution in [0.3, 0.4) is 0 Å². The average Bonchev–Trinajstić information content (AvgIpc) is 2.86. The zero-order valence-corrected chi connectivity index (χ0v) is 13.5. The average molecular weight is 303 g/mol. The van der Waals surface area contributed by atoms with Crippen molar-refractivity contribution in [3.63, 3.8) is 0 Å². The van der Waals surface area contributed by atoms with E-state index in [4.69, 9.17) is 4.74 Å². The number of hydrogen-bond donors (Lipinski definition) is 2. The third-order valence-electron chi connectivity index (χ3n) is 3.27. The number of benzene rings is 1. The lowest BCUT2D eigenvalue weighted by molar-refractivity contribution is 0.183. The summed E-state index contributed by atoms with van der Waals surface area (Å²) in [5, 5.41) is 9.25. The van der Waals surface area contributed by atoms with Crippen LogP contribution in [0, 0.1) is 6.92 Å². The molecule has 0 amide bonds. The third-order valence-corrected chi connectivity index (χ3v) is 3.27. The van der Waals surface area contributed by atoms with Crippen molar-refractivity contribution in [1.82, 2.24) is 14.9 Å². The molecule has 0 bridgehead atoms. The van der Waals surface area contributed by atoms with Crippen LogP contribution in [0.5, 0.6) is 5.75 Å². The summed E-state index contributed by atoms with van der Waals surface area (Å²) < 4.78 is 5.65. The molecule has 0 saturated carbocycles. The second-order valence-electron chi connectivity index (χ2n) is 5.74. The smallest absolute Gasteiger partial charge is 0.119 e. The van der Waals surface area contributed by atoms with E-state index in [1.807, 2.05) is 39.1 Å². The Morgan fingerprint density at radius 3 is 2.50 bits per heavy atom. The van der Waals surface area contributed by atoms with Gasteiger partial charge in [-0.25, -0.2) is 4.98 Å². The van der Waals surface area contributed by atoms with Gasteiger partial charge in [-0.1, -0.05) is 12.1 Å². The number of nitrogens with one attached hydrogen (secondary N) is 1. The molecule has 120 valence electrons. The number of aromatic amines is 1. The standard InChI is InChI=1S/C17H25N3O2/c1-13(2)22-17-6-4-15(5-7-17)11-20(8-9-21)12-16-10-18-14(3)19-16/h4-7,10,13,21H,8-9,11-12H2,1-3H3,(H,18,19). The molecule has 22 heavy (non-hydrogen) atoms. The number of aryl methyl sites for hydroxylation is 1. The lowest BCUT2D eigenvalue weighted by Crippen LogP contribution is -2.26. The highest BCUT2D eigenvalue weighted by molar-refractivity contribution is 5.27. The van der Waals surface area contributed by atoms with Gasteiger partial charge in [-0.3, -0.25) is 4.90 Å². The Bertz CT molecular complexity index is 564. The maximum Gasteiger partial charge on any atom is 0.119 e. The van der Waals surface area contributed by atoms with Gasteiger partial charge in [-0.15, -0.1) is 0 Å². The molecule has 0 aliphatic carbocycles. The maximum absolute atomic E-state index is 9.25. The fourth-order valence-corrected chi connectivity index (χ4v) is 2.35. The van der Waals surface area contributed by atoms with E-state index in [0.717, 1.165) is 30.4 Å². The monoisotopic (exact) mass is 303 g/mol. The maximum atomic E-state index is 9.25. The van der Waals surface area contributed by atoms with Gasteiger partial charge in [0.15, 0.2) is 0 Å². The summed E-state index contributed by atoms with van der Waals surface area (Å²) in [6.07, 6.45) is 2.03. The van der Waals surface area contributed by atoms with Crippen molar-refractivity contribution < 1.29 is 9.84 Å². The third kappa shape index (κ3) is 5.16. The van der Waals surface area contributed by atoms with Gasteiger partial charge in [0.2, 0.25) is 0 Å². The summed E-state index contributed by atoms with van der Waals surface area (Å²) >= 11 is 0. The van der Waals surface area contributed by atoms with Crippen molar-refractivity contribution in [2.75, 3.05) is 13.2 Å². The van der Waals surface area contributed by atoms with Gasteiger partial charge < -0.3 is 14.8 Å². The molecule has 5 heteroatoms. The van der Waals surface area contributed by atoms with Crippen LogP contribution >= 0.6 is 0 Å². The van der Waals surface area contributed by atoms with Crippen molar-refractivity contribution in [2.45, 2.75) is 40.0 Å². The number of imidazole rings is 1. The van der Waals surface area contributed by atoms with Crippen LogP contribution in [-0.2, 0) is 13.1 Å². The van der Waals surface area contributed by atoms with Gasteiger partial charge in [0.1, 0.15) is 11.6 Å². The quantitative estimate of drug-likeness (QED) is 0.786. The lowest BCUT2D eigenvalue weighted by Gasteiger charge is -2.21. The van der Waals surface area contributed by atoms with E-state index in [1.165, 1.54) is 5.56 Å². The minimum atomic E-state index is 0.141. The number of H-pyrrole nitrogens is 1. The Morgan fingerprint density at radius 1 is 1.23 bits per heavy atom. The molecule has 1 heterocycles. The highest BCUT2D eigenvalue weighted by Gasteiger charge is 2.08. The molecular formula is C17H25N3O2. The molecule has 0 saturated heterocycles. The molecule has 2 N–H and O–H groups in total. The molecule has 0 fully saturated rings. The van der Waals surface area contributed by atoms with Crippen molar-refractivity contribution in [3.8, 4) is 5.75 Å². The van der Waals surface area contributed by atoms with Gasteiger partial charge in [0.05, 0.1) is 12.7 Å². The largest absolute Gasteiger partial charge is 0.491 e. The number of aliphatic hydroxyl groups is 1. The van der Waals surface area contributed by atoms with Crippen LogP contribution in [0.1, 0.15) is 30.9 Å². The van der Waals surface area contributed by atoms with Crippen molar-refractivity contribution in [1.29, 1.82) is 0 Å².